The Balaban J connectivity index is 2.51. The van der Waals surface area contributed by atoms with Crippen molar-refractivity contribution in [1.29, 1.82) is 0 Å². The molecule has 14 heavy (non-hydrogen) atoms. The quantitative estimate of drug-likeness (QED) is 0.782. The SMILES string of the molecule is CC(O)C1C(Cl)=Cc2ccc(Cl)cc21. The summed E-state index contributed by atoms with van der Waals surface area (Å²) in [5.74, 6) is -0.120. The third-order valence-electron chi connectivity index (χ3n) is 2.46. The molecule has 0 heterocycles. The number of hydrogen-bond acceptors (Lipinski definition) is 1. The van der Waals surface area contributed by atoms with Crippen LogP contribution in [0.15, 0.2) is 23.2 Å². The van der Waals surface area contributed by atoms with Crippen molar-refractivity contribution < 1.29 is 5.11 Å². The van der Waals surface area contributed by atoms with Crippen LogP contribution in [0, 0.1) is 0 Å². The minimum absolute atomic E-state index is 0.120. The molecule has 2 atom stereocenters. The van der Waals surface area contributed by atoms with Crippen LogP contribution in [0.3, 0.4) is 0 Å². The maximum atomic E-state index is 9.59. The van der Waals surface area contributed by atoms with Crippen molar-refractivity contribution in [3.8, 4) is 0 Å². The number of aliphatic hydroxyl groups excluding tert-OH is 1. The lowest BCUT2D eigenvalue weighted by Crippen LogP contribution is -2.12. The van der Waals surface area contributed by atoms with E-state index in [4.69, 9.17) is 23.2 Å². The Hall–Kier alpha value is -0.500. The molecule has 0 aliphatic heterocycles. The lowest BCUT2D eigenvalue weighted by molar-refractivity contribution is 0.178. The van der Waals surface area contributed by atoms with E-state index in [9.17, 15) is 5.11 Å². The normalized spacial score (nSPS) is 21.7. The summed E-state index contributed by atoms with van der Waals surface area (Å²) in [7, 11) is 0. The summed E-state index contributed by atoms with van der Waals surface area (Å²) in [5.41, 5.74) is 2.06. The van der Waals surface area contributed by atoms with Gasteiger partial charge >= 0.3 is 0 Å². The van der Waals surface area contributed by atoms with Gasteiger partial charge < -0.3 is 5.11 Å². The molecule has 0 saturated heterocycles. The highest BCUT2D eigenvalue weighted by molar-refractivity contribution is 6.33. The molecule has 0 fully saturated rings. The molecule has 1 N–H and O–H groups in total. The smallest absolute Gasteiger partial charge is 0.0630 e. The molecule has 2 unspecified atom stereocenters. The Morgan fingerprint density at radius 2 is 2.07 bits per heavy atom. The Bertz CT molecular complexity index is 396. The van der Waals surface area contributed by atoms with Gasteiger partial charge in [-0.05, 0) is 36.3 Å². The molecular formula is C11H10Cl2O. The molecule has 1 aromatic rings. The summed E-state index contributed by atoms with van der Waals surface area (Å²) in [6.07, 6.45) is 1.39. The minimum atomic E-state index is -0.488. The first-order chi connectivity index (χ1) is 6.59. The monoisotopic (exact) mass is 228 g/mol. The Labute approximate surface area is 93.0 Å². The van der Waals surface area contributed by atoms with Gasteiger partial charge in [-0.3, -0.25) is 0 Å². The molecule has 3 heteroatoms. The second-order valence-corrected chi connectivity index (χ2v) is 4.39. The zero-order valence-corrected chi connectivity index (χ0v) is 9.18. The van der Waals surface area contributed by atoms with Gasteiger partial charge in [-0.1, -0.05) is 29.3 Å². The van der Waals surface area contributed by atoms with Crippen molar-refractivity contribution in [2.45, 2.75) is 18.9 Å². The van der Waals surface area contributed by atoms with Gasteiger partial charge in [-0.2, -0.15) is 0 Å². The molecule has 0 aromatic heterocycles. The fourth-order valence-corrected chi connectivity index (χ4v) is 2.42. The van der Waals surface area contributed by atoms with E-state index in [0.29, 0.717) is 10.1 Å². The maximum absolute atomic E-state index is 9.59. The standard InChI is InChI=1S/C11H10Cl2O/c1-6(14)11-9-5-8(12)3-2-7(9)4-10(11)13/h2-6,11,14H,1H3. The van der Waals surface area contributed by atoms with Gasteiger partial charge in [0.15, 0.2) is 0 Å². The van der Waals surface area contributed by atoms with Gasteiger partial charge in [-0.25, -0.2) is 0 Å². The average Bonchev–Trinajstić information content (AvgIpc) is 2.40. The minimum Gasteiger partial charge on any atom is -0.392 e. The van der Waals surface area contributed by atoms with E-state index in [1.165, 1.54) is 0 Å². The largest absolute Gasteiger partial charge is 0.392 e. The number of hydrogen-bond donors (Lipinski definition) is 1. The maximum Gasteiger partial charge on any atom is 0.0630 e. The fraction of sp³-hybridized carbons (Fsp3) is 0.273. The summed E-state index contributed by atoms with van der Waals surface area (Å²) in [5, 5.41) is 10.9. The van der Waals surface area contributed by atoms with Crippen LogP contribution in [-0.2, 0) is 0 Å². The molecule has 1 aliphatic carbocycles. The van der Waals surface area contributed by atoms with E-state index in [0.717, 1.165) is 11.1 Å². The van der Waals surface area contributed by atoms with Crippen LogP contribution >= 0.6 is 23.2 Å². The molecule has 2 rings (SSSR count). The van der Waals surface area contributed by atoms with Crippen molar-refractivity contribution >= 4 is 29.3 Å². The summed E-state index contributed by atoms with van der Waals surface area (Å²) < 4.78 is 0. The third-order valence-corrected chi connectivity index (χ3v) is 3.04. The van der Waals surface area contributed by atoms with Crippen LogP contribution in [0.4, 0.5) is 0 Å². The van der Waals surface area contributed by atoms with Gasteiger partial charge in [0.2, 0.25) is 0 Å². The number of fused-ring (bicyclic) bond motifs is 1. The summed E-state index contributed by atoms with van der Waals surface area (Å²) in [6, 6.07) is 5.61. The van der Waals surface area contributed by atoms with Crippen molar-refractivity contribution in [2.75, 3.05) is 0 Å². The van der Waals surface area contributed by atoms with Crippen LogP contribution in [-0.4, -0.2) is 11.2 Å². The van der Waals surface area contributed by atoms with Gasteiger partial charge in [0.05, 0.1) is 6.10 Å². The average molecular weight is 229 g/mol. The van der Waals surface area contributed by atoms with E-state index < -0.39 is 6.10 Å². The first-order valence-electron chi connectivity index (χ1n) is 4.44. The summed E-state index contributed by atoms with van der Waals surface area (Å²) in [4.78, 5) is 0. The molecule has 74 valence electrons. The molecule has 0 amide bonds. The van der Waals surface area contributed by atoms with Crippen molar-refractivity contribution in [3.05, 3.63) is 39.4 Å². The molecule has 0 saturated carbocycles. The van der Waals surface area contributed by atoms with Crippen LogP contribution in [0.5, 0.6) is 0 Å². The molecule has 0 bridgehead atoms. The van der Waals surface area contributed by atoms with Crippen LogP contribution in [0.1, 0.15) is 24.0 Å². The Kier molecular flexibility index (Phi) is 2.56. The third kappa shape index (κ3) is 1.56. The second-order valence-electron chi connectivity index (χ2n) is 3.52. The highest BCUT2D eigenvalue weighted by Gasteiger charge is 2.27. The van der Waals surface area contributed by atoms with E-state index in [2.05, 4.69) is 0 Å². The number of halogens is 2. The van der Waals surface area contributed by atoms with Crippen LogP contribution in [0.25, 0.3) is 6.08 Å². The van der Waals surface area contributed by atoms with Gasteiger partial charge in [0.25, 0.3) is 0 Å². The highest BCUT2D eigenvalue weighted by atomic mass is 35.5. The lowest BCUT2D eigenvalue weighted by Gasteiger charge is -2.16. The topological polar surface area (TPSA) is 20.2 Å². The van der Waals surface area contributed by atoms with Gasteiger partial charge in [-0.15, -0.1) is 0 Å². The van der Waals surface area contributed by atoms with Crippen molar-refractivity contribution in [2.24, 2.45) is 0 Å². The van der Waals surface area contributed by atoms with E-state index in [1.54, 1.807) is 6.92 Å². The summed E-state index contributed by atoms with van der Waals surface area (Å²) >= 11 is 11.9. The Morgan fingerprint density at radius 3 is 2.71 bits per heavy atom. The predicted octanol–water partition coefficient (Wildman–Crippen LogP) is 3.40. The van der Waals surface area contributed by atoms with Crippen LogP contribution in [0.2, 0.25) is 5.02 Å². The molecular weight excluding hydrogens is 219 g/mol. The number of benzene rings is 1. The van der Waals surface area contributed by atoms with Crippen LogP contribution < -0.4 is 0 Å². The van der Waals surface area contributed by atoms with E-state index >= 15 is 0 Å². The van der Waals surface area contributed by atoms with Gasteiger partial charge in [0.1, 0.15) is 0 Å². The molecule has 1 aliphatic rings. The Morgan fingerprint density at radius 1 is 1.36 bits per heavy atom. The predicted molar refractivity (Wildman–Crippen MR) is 59.7 cm³/mol. The first kappa shape index (κ1) is 10.0. The number of aliphatic hydroxyl groups is 1. The van der Waals surface area contributed by atoms with Gasteiger partial charge in [0, 0.05) is 16.0 Å². The molecule has 0 radical (unpaired) electrons. The zero-order valence-electron chi connectivity index (χ0n) is 7.67. The molecule has 1 aromatic carbocycles. The zero-order chi connectivity index (χ0) is 10.3. The van der Waals surface area contributed by atoms with E-state index in [-0.39, 0.29) is 5.92 Å². The van der Waals surface area contributed by atoms with Crippen molar-refractivity contribution in [1.82, 2.24) is 0 Å². The first-order valence-corrected chi connectivity index (χ1v) is 5.20. The molecule has 1 nitrogen and oxygen atoms in total. The fourth-order valence-electron chi connectivity index (χ4n) is 1.82. The molecule has 0 spiro atoms. The second kappa shape index (κ2) is 3.58. The van der Waals surface area contributed by atoms with E-state index in [1.807, 2.05) is 24.3 Å². The number of rotatable bonds is 1. The highest BCUT2D eigenvalue weighted by Crippen LogP contribution is 2.41. The van der Waals surface area contributed by atoms with Crippen molar-refractivity contribution in [3.63, 3.8) is 0 Å². The summed E-state index contributed by atoms with van der Waals surface area (Å²) in [6.45, 7) is 1.73. The lowest BCUT2D eigenvalue weighted by atomic mass is 9.96.